The van der Waals surface area contributed by atoms with Crippen molar-refractivity contribution < 1.29 is 4.74 Å². The van der Waals surface area contributed by atoms with Crippen molar-refractivity contribution >= 4 is 11.8 Å². The molecular weight excluding hydrogens is 280 g/mol. The molecule has 0 radical (unpaired) electrons. The lowest BCUT2D eigenvalue weighted by Crippen LogP contribution is -2.11. The predicted octanol–water partition coefficient (Wildman–Crippen LogP) is 1.71. The van der Waals surface area contributed by atoms with E-state index in [-0.39, 0.29) is 0 Å². The number of hydrogen-bond donors (Lipinski definition) is 2. The van der Waals surface area contributed by atoms with E-state index in [2.05, 4.69) is 24.8 Å². The number of hydrogen-bond acceptors (Lipinski definition) is 6. The molecule has 2 aliphatic rings. The summed E-state index contributed by atoms with van der Waals surface area (Å²) in [7, 11) is 0. The maximum absolute atomic E-state index is 5.84. The summed E-state index contributed by atoms with van der Waals surface area (Å²) in [5, 5.41) is 3.34. The van der Waals surface area contributed by atoms with Gasteiger partial charge in [-0.3, -0.25) is 0 Å². The highest BCUT2D eigenvalue weighted by Gasteiger charge is 2.25. The highest BCUT2D eigenvalue weighted by atomic mass is 16.5. The van der Waals surface area contributed by atoms with Gasteiger partial charge in [-0.2, -0.15) is 4.98 Å². The zero-order valence-corrected chi connectivity index (χ0v) is 12.4. The molecule has 1 aliphatic carbocycles. The summed E-state index contributed by atoms with van der Waals surface area (Å²) in [6.07, 6.45) is 7.29. The van der Waals surface area contributed by atoms with Gasteiger partial charge in [-0.25, -0.2) is 9.97 Å². The maximum Gasteiger partial charge on any atom is 0.222 e. The van der Waals surface area contributed by atoms with Crippen LogP contribution in [0, 0.1) is 0 Å². The fraction of sp³-hybridized carbons (Fsp3) is 0.533. The second-order valence-corrected chi connectivity index (χ2v) is 5.97. The van der Waals surface area contributed by atoms with Crippen LogP contribution in [0.25, 0.3) is 0 Å². The van der Waals surface area contributed by atoms with Gasteiger partial charge in [0.25, 0.3) is 0 Å². The van der Waals surface area contributed by atoms with Gasteiger partial charge in [-0.15, -0.1) is 0 Å². The monoisotopic (exact) mass is 300 g/mol. The Hall–Kier alpha value is -2.15. The number of aromatic nitrogens is 4. The fourth-order valence-electron chi connectivity index (χ4n) is 2.88. The number of nitrogens with two attached hydrogens (primary N) is 1. The van der Waals surface area contributed by atoms with E-state index in [0.717, 1.165) is 24.5 Å². The quantitative estimate of drug-likeness (QED) is 0.873. The third-order valence-corrected chi connectivity index (χ3v) is 4.25. The highest BCUT2D eigenvalue weighted by molar-refractivity contribution is 5.42. The molecule has 3 N–H and O–H groups in total. The van der Waals surface area contributed by atoms with E-state index in [4.69, 9.17) is 10.5 Å². The van der Waals surface area contributed by atoms with Gasteiger partial charge < -0.3 is 20.4 Å². The molecule has 7 nitrogen and oxygen atoms in total. The second-order valence-electron chi connectivity index (χ2n) is 5.97. The fourth-order valence-corrected chi connectivity index (χ4v) is 2.88. The molecule has 7 heteroatoms. The highest BCUT2D eigenvalue weighted by Crippen LogP contribution is 2.35. The first kappa shape index (κ1) is 13.5. The van der Waals surface area contributed by atoms with E-state index in [9.17, 15) is 0 Å². The average molecular weight is 300 g/mol. The van der Waals surface area contributed by atoms with Gasteiger partial charge in [0.2, 0.25) is 5.95 Å². The van der Waals surface area contributed by atoms with Crippen molar-refractivity contribution in [1.82, 2.24) is 19.5 Å². The normalized spacial score (nSPS) is 21.2. The van der Waals surface area contributed by atoms with Crippen LogP contribution in [0.1, 0.15) is 42.6 Å². The van der Waals surface area contributed by atoms with Crippen LogP contribution in [0.5, 0.6) is 0 Å². The van der Waals surface area contributed by atoms with Gasteiger partial charge in [-0.1, -0.05) is 0 Å². The Morgan fingerprint density at radius 3 is 3.00 bits per heavy atom. The zero-order valence-electron chi connectivity index (χ0n) is 12.4. The Morgan fingerprint density at radius 2 is 2.23 bits per heavy atom. The summed E-state index contributed by atoms with van der Waals surface area (Å²) in [6.45, 7) is 2.19. The third kappa shape index (κ3) is 2.76. The van der Waals surface area contributed by atoms with Crippen LogP contribution < -0.4 is 11.1 Å². The lowest BCUT2D eigenvalue weighted by molar-refractivity contribution is 0.193. The van der Waals surface area contributed by atoms with E-state index in [1.165, 1.54) is 18.5 Å². The third-order valence-electron chi connectivity index (χ3n) is 4.25. The molecule has 0 bridgehead atoms. The molecule has 3 heterocycles. The number of ether oxygens (including phenoxy) is 1. The summed E-state index contributed by atoms with van der Waals surface area (Å²) in [5.74, 6) is 1.39. The lowest BCUT2D eigenvalue weighted by Gasteiger charge is -2.12. The van der Waals surface area contributed by atoms with Crippen LogP contribution >= 0.6 is 0 Å². The molecule has 0 spiro atoms. The molecule has 1 atom stereocenters. The minimum atomic E-state index is 0.308. The van der Waals surface area contributed by atoms with Crippen LogP contribution in [-0.2, 0) is 11.3 Å². The Kier molecular flexibility index (Phi) is 3.42. The van der Waals surface area contributed by atoms with Crippen LogP contribution in [-0.4, -0.2) is 32.7 Å². The number of nitrogens with one attached hydrogen (secondary N) is 1. The topological polar surface area (TPSA) is 90.9 Å². The molecule has 4 rings (SSSR count). The zero-order chi connectivity index (χ0) is 14.9. The van der Waals surface area contributed by atoms with Crippen LogP contribution in [0.3, 0.4) is 0 Å². The summed E-state index contributed by atoms with van der Waals surface area (Å²) >= 11 is 0. The van der Waals surface area contributed by atoms with Crippen LogP contribution in [0.2, 0.25) is 0 Å². The second kappa shape index (κ2) is 5.57. The van der Waals surface area contributed by atoms with Crippen molar-refractivity contribution in [2.75, 3.05) is 24.3 Å². The van der Waals surface area contributed by atoms with E-state index in [1.807, 2.05) is 18.6 Å². The molecule has 0 amide bonds. The maximum atomic E-state index is 5.84. The van der Waals surface area contributed by atoms with E-state index >= 15 is 0 Å². The number of anilines is 2. The molecule has 1 saturated carbocycles. The SMILES string of the molecule is Nc1nc(NCc2cncn2C2CC2)cc([C@H]2CCOC2)n1. The minimum absolute atomic E-state index is 0.308. The summed E-state index contributed by atoms with van der Waals surface area (Å²) < 4.78 is 7.67. The van der Waals surface area contributed by atoms with Crippen molar-refractivity contribution in [3.63, 3.8) is 0 Å². The van der Waals surface area contributed by atoms with Gasteiger partial charge in [0.15, 0.2) is 0 Å². The first-order valence-corrected chi connectivity index (χ1v) is 7.76. The van der Waals surface area contributed by atoms with E-state index < -0.39 is 0 Å². The largest absolute Gasteiger partial charge is 0.381 e. The van der Waals surface area contributed by atoms with Crippen molar-refractivity contribution in [3.8, 4) is 0 Å². The number of nitrogens with zero attached hydrogens (tertiary/aromatic N) is 4. The predicted molar refractivity (Wildman–Crippen MR) is 82.4 cm³/mol. The molecule has 1 saturated heterocycles. The Labute approximate surface area is 128 Å². The summed E-state index contributed by atoms with van der Waals surface area (Å²) in [4.78, 5) is 12.9. The van der Waals surface area contributed by atoms with E-state index in [0.29, 0.717) is 31.1 Å². The average Bonchev–Trinajstić information content (AvgIpc) is 3.04. The smallest absolute Gasteiger partial charge is 0.222 e. The summed E-state index contributed by atoms with van der Waals surface area (Å²) in [6, 6.07) is 2.61. The Balaban J connectivity index is 1.48. The van der Waals surface area contributed by atoms with Crippen molar-refractivity contribution in [1.29, 1.82) is 0 Å². The standard InChI is InChI=1S/C15H20N6O/c16-15-19-13(10-3-4-22-8-10)5-14(20-15)18-7-12-6-17-9-21(12)11-1-2-11/h5-6,9-11H,1-4,7-8H2,(H3,16,18,19,20)/t10-/m0/s1. The van der Waals surface area contributed by atoms with Gasteiger partial charge in [0.1, 0.15) is 5.82 Å². The van der Waals surface area contributed by atoms with Gasteiger partial charge >= 0.3 is 0 Å². The Morgan fingerprint density at radius 1 is 1.32 bits per heavy atom. The Bertz CT molecular complexity index is 660. The molecule has 116 valence electrons. The molecule has 1 aliphatic heterocycles. The molecule has 2 fully saturated rings. The van der Waals surface area contributed by atoms with Gasteiger partial charge in [0, 0.05) is 30.8 Å². The van der Waals surface area contributed by atoms with Crippen LogP contribution in [0.4, 0.5) is 11.8 Å². The molecule has 0 unspecified atom stereocenters. The molecular formula is C15H20N6O. The molecule has 22 heavy (non-hydrogen) atoms. The number of imidazole rings is 1. The molecule has 2 aromatic heterocycles. The number of rotatable bonds is 5. The van der Waals surface area contributed by atoms with Gasteiger partial charge in [0.05, 0.1) is 30.9 Å². The van der Waals surface area contributed by atoms with E-state index in [1.54, 1.807) is 0 Å². The van der Waals surface area contributed by atoms with Gasteiger partial charge in [-0.05, 0) is 19.3 Å². The molecule has 0 aromatic carbocycles. The number of nitrogen functional groups attached to an aromatic ring is 1. The minimum Gasteiger partial charge on any atom is -0.381 e. The first-order valence-electron chi connectivity index (χ1n) is 7.76. The first-order chi connectivity index (χ1) is 10.8. The molecule has 2 aromatic rings. The lowest BCUT2D eigenvalue weighted by atomic mass is 10.0. The van der Waals surface area contributed by atoms with Crippen molar-refractivity contribution in [2.24, 2.45) is 0 Å². The summed E-state index contributed by atoms with van der Waals surface area (Å²) in [5.41, 5.74) is 7.98. The van der Waals surface area contributed by atoms with Crippen LogP contribution in [0.15, 0.2) is 18.6 Å². The van der Waals surface area contributed by atoms with Crippen molar-refractivity contribution in [3.05, 3.63) is 30.0 Å². The van der Waals surface area contributed by atoms with Crippen molar-refractivity contribution in [2.45, 2.75) is 37.8 Å².